The van der Waals surface area contributed by atoms with Gasteiger partial charge >= 0.3 is 0 Å². The van der Waals surface area contributed by atoms with Crippen molar-refractivity contribution in [1.29, 1.82) is 5.26 Å². The number of nitrogens with one attached hydrogen (secondary N) is 1. The predicted molar refractivity (Wildman–Crippen MR) is 114 cm³/mol. The van der Waals surface area contributed by atoms with Gasteiger partial charge < -0.3 is 21.5 Å². The van der Waals surface area contributed by atoms with Crippen molar-refractivity contribution in [3.8, 4) is 17.5 Å². The molecule has 9 heteroatoms. The van der Waals surface area contributed by atoms with E-state index in [1.54, 1.807) is 16.8 Å². The second-order valence-corrected chi connectivity index (χ2v) is 6.70. The molecule has 9 nitrogen and oxygen atoms in total. The third kappa shape index (κ3) is 5.39. The van der Waals surface area contributed by atoms with Crippen LogP contribution in [0.3, 0.4) is 0 Å². The zero-order chi connectivity index (χ0) is 22.2. The van der Waals surface area contributed by atoms with Gasteiger partial charge in [0.05, 0.1) is 11.4 Å². The molecule has 0 bridgehead atoms. The Bertz CT molecular complexity index is 1100. The van der Waals surface area contributed by atoms with Gasteiger partial charge in [-0.25, -0.2) is 4.68 Å². The highest BCUT2D eigenvalue weighted by Gasteiger charge is 2.16. The van der Waals surface area contributed by atoms with E-state index < -0.39 is 5.91 Å². The summed E-state index contributed by atoms with van der Waals surface area (Å²) in [6.45, 7) is 0.237. The number of hydrogen-bond donors (Lipinski definition) is 3. The number of carbonyl (C=O) groups excluding carboxylic acids is 2. The lowest BCUT2D eigenvalue weighted by Crippen LogP contribution is -2.30. The standard InChI is InChI=1S/C22H22N6O3/c23-13-18-19(27-28(21(18)24)16-5-2-1-3-6-16)7-4-12-26-20(29)14-31-17-10-8-15(9-11-17)22(25)30/h1-3,5-6,8-11H,4,7,12,14,24H2,(H2,25,30)(H,26,29). The van der Waals surface area contributed by atoms with Crippen LogP contribution in [0.2, 0.25) is 0 Å². The van der Waals surface area contributed by atoms with Gasteiger partial charge in [-0.3, -0.25) is 9.59 Å². The first-order chi connectivity index (χ1) is 15.0. The molecule has 0 fully saturated rings. The van der Waals surface area contributed by atoms with Crippen LogP contribution in [0, 0.1) is 11.3 Å². The molecule has 0 aliphatic heterocycles. The Balaban J connectivity index is 1.48. The molecule has 0 saturated heterocycles. The van der Waals surface area contributed by atoms with E-state index in [1.807, 2.05) is 30.3 Å². The number of ether oxygens (including phenoxy) is 1. The van der Waals surface area contributed by atoms with Gasteiger partial charge in [0.25, 0.3) is 5.91 Å². The molecule has 5 N–H and O–H groups in total. The maximum absolute atomic E-state index is 12.0. The second kappa shape index (κ2) is 9.93. The van der Waals surface area contributed by atoms with Gasteiger partial charge in [-0.05, 0) is 49.2 Å². The monoisotopic (exact) mass is 418 g/mol. The number of benzene rings is 2. The van der Waals surface area contributed by atoms with E-state index in [9.17, 15) is 14.9 Å². The number of amides is 2. The molecule has 0 atom stereocenters. The highest BCUT2D eigenvalue weighted by atomic mass is 16.5. The maximum Gasteiger partial charge on any atom is 0.257 e. The predicted octanol–water partition coefficient (Wildman–Crippen LogP) is 1.55. The smallest absolute Gasteiger partial charge is 0.257 e. The number of rotatable bonds is 9. The van der Waals surface area contributed by atoms with Crippen LogP contribution in [0.1, 0.15) is 28.0 Å². The summed E-state index contributed by atoms with van der Waals surface area (Å²) in [7, 11) is 0. The second-order valence-electron chi connectivity index (χ2n) is 6.70. The number of nitrogens with two attached hydrogens (primary N) is 2. The fourth-order valence-electron chi connectivity index (χ4n) is 2.94. The third-order valence-electron chi connectivity index (χ3n) is 4.53. The fraction of sp³-hybridized carbons (Fsp3) is 0.182. The Morgan fingerprint density at radius 3 is 2.48 bits per heavy atom. The van der Waals surface area contributed by atoms with E-state index in [0.29, 0.717) is 47.8 Å². The molecule has 1 heterocycles. The molecule has 2 amide bonds. The number of primary amides is 1. The maximum atomic E-state index is 12.0. The number of aromatic nitrogens is 2. The minimum atomic E-state index is -0.529. The molecular formula is C22H22N6O3. The molecule has 0 aliphatic rings. The molecule has 0 radical (unpaired) electrons. The molecule has 2 aromatic carbocycles. The summed E-state index contributed by atoms with van der Waals surface area (Å²) >= 11 is 0. The van der Waals surface area contributed by atoms with Crippen molar-refractivity contribution in [2.45, 2.75) is 12.8 Å². The molecule has 0 aliphatic carbocycles. The lowest BCUT2D eigenvalue weighted by molar-refractivity contribution is -0.123. The Kier molecular flexibility index (Phi) is 6.85. The number of carbonyl (C=O) groups is 2. The highest BCUT2D eigenvalue weighted by Crippen LogP contribution is 2.21. The van der Waals surface area contributed by atoms with Gasteiger partial charge in [-0.1, -0.05) is 18.2 Å². The quantitative estimate of drug-likeness (QED) is 0.449. The van der Waals surface area contributed by atoms with Crippen LogP contribution in [-0.4, -0.2) is 34.7 Å². The van der Waals surface area contributed by atoms with Crippen LogP contribution in [0.4, 0.5) is 5.82 Å². The van der Waals surface area contributed by atoms with Gasteiger partial charge in [0.1, 0.15) is 23.2 Å². The topological polar surface area (TPSA) is 149 Å². The van der Waals surface area contributed by atoms with Crippen molar-refractivity contribution in [2.24, 2.45) is 5.73 Å². The zero-order valence-corrected chi connectivity index (χ0v) is 16.7. The summed E-state index contributed by atoms with van der Waals surface area (Å²) < 4.78 is 6.93. The lowest BCUT2D eigenvalue weighted by Gasteiger charge is -2.07. The Labute approximate surface area is 179 Å². The van der Waals surface area contributed by atoms with Crippen LogP contribution in [-0.2, 0) is 11.2 Å². The molecule has 3 aromatic rings. The zero-order valence-electron chi connectivity index (χ0n) is 16.7. The summed E-state index contributed by atoms with van der Waals surface area (Å²) in [4.78, 5) is 23.0. The summed E-state index contributed by atoms with van der Waals surface area (Å²) in [6, 6.07) is 17.7. The van der Waals surface area contributed by atoms with Crippen molar-refractivity contribution in [2.75, 3.05) is 18.9 Å². The average molecular weight is 418 g/mol. The molecule has 0 spiro atoms. The number of nitrogens with zero attached hydrogens (tertiary/aromatic N) is 3. The van der Waals surface area contributed by atoms with E-state index in [-0.39, 0.29) is 12.5 Å². The van der Waals surface area contributed by atoms with E-state index in [0.717, 1.165) is 5.69 Å². The number of nitrogen functional groups attached to an aromatic ring is 1. The first-order valence-corrected chi connectivity index (χ1v) is 9.62. The first kappa shape index (κ1) is 21.4. The van der Waals surface area contributed by atoms with Crippen molar-refractivity contribution >= 4 is 17.6 Å². The van der Waals surface area contributed by atoms with E-state index in [1.165, 1.54) is 12.1 Å². The van der Waals surface area contributed by atoms with Crippen LogP contribution in [0.25, 0.3) is 5.69 Å². The summed E-state index contributed by atoms with van der Waals surface area (Å²) in [6.07, 6.45) is 1.07. The van der Waals surface area contributed by atoms with Crippen molar-refractivity contribution in [1.82, 2.24) is 15.1 Å². The van der Waals surface area contributed by atoms with E-state index >= 15 is 0 Å². The molecule has 31 heavy (non-hydrogen) atoms. The largest absolute Gasteiger partial charge is 0.484 e. The molecule has 0 unspecified atom stereocenters. The normalized spacial score (nSPS) is 10.3. The Morgan fingerprint density at radius 2 is 1.84 bits per heavy atom. The molecule has 158 valence electrons. The Morgan fingerprint density at radius 1 is 1.13 bits per heavy atom. The van der Waals surface area contributed by atoms with Crippen LogP contribution < -0.4 is 21.5 Å². The first-order valence-electron chi connectivity index (χ1n) is 9.62. The lowest BCUT2D eigenvalue weighted by atomic mass is 10.1. The van der Waals surface area contributed by atoms with Crippen LogP contribution >= 0.6 is 0 Å². The number of nitriles is 1. The number of aryl methyl sites for hydroxylation is 1. The highest BCUT2D eigenvalue weighted by molar-refractivity contribution is 5.92. The average Bonchev–Trinajstić information content (AvgIpc) is 3.11. The van der Waals surface area contributed by atoms with Gasteiger partial charge in [-0.2, -0.15) is 10.4 Å². The summed E-state index contributed by atoms with van der Waals surface area (Å²) in [5, 5.41) is 16.7. The van der Waals surface area contributed by atoms with Gasteiger partial charge in [0.2, 0.25) is 5.91 Å². The van der Waals surface area contributed by atoms with Gasteiger partial charge in [0.15, 0.2) is 6.61 Å². The van der Waals surface area contributed by atoms with E-state index in [4.69, 9.17) is 16.2 Å². The fourth-order valence-corrected chi connectivity index (χ4v) is 2.94. The summed E-state index contributed by atoms with van der Waals surface area (Å²) in [5.41, 5.74) is 13.3. The number of hydrogen-bond acceptors (Lipinski definition) is 6. The number of para-hydroxylation sites is 1. The van der Waals surface area contributed by atoms with E-state index in [2.05, 4.69) is 16.5 Å². The van der Waals surface area contributed by atoms with Crippen molar-refractivity contribution in [3.05, 3.63) is 71.4 Å². The SMILES string of the molecule is N#Cc1c(CCCNC(=O)COc2ccc(C(N)=O)cc2)nn(-c2ccccc2)c1N. The molecule has 1 aromatic heterocycles. The van der Waals surface area contributed by atoms with Gasteiger partial charge in [-0.15, -0.1) is 0 Å². The Hall–Kier alpha value is -4.32. The number of anilines is 1. The molecule has 3 rings (SSSR count). The van der Waals surface area contributed by atoms with Crippen molar-refractivity contribution in [3.63, 3.8) is 0 Å². The molecular weight excluding hydrogens is 396 g/mol. The minimum Gasteiger partial charge on any atom is -0.484 e. The van der Waals surface area contributed by atoms with Gasteiger partial charge in [0, 0.05) is 12.1 Å². The van der Waals surface area contributed by atoms with Crippen LogP contribution in [0.5, 0.6) is 5.75 Å². The molecule has 0 saturated carbocycles. The van der Waals surface area contributed by atoms with Crippen molar-refractivity contribution < 1.29 is 14.3 Å². The van der Waals surface area contributed by atoms with Crippen LogP contribution in [0.15, 0.2) is 54.6 Å². The summed E-state index contributed by atoms with van der Waals surface area (Å²) in [5.74, 6) is -0.0581. The third-order valence-corrected chi connectivity index (χ3v) is 4.53. The minimum absolute atomic E-state index is 0.158.